The van der Waals surface area contributed by atoms with Crippen molar-refractivity contribution < 1.29 is 9.18 Å². The summed E-state index contributed by atoms with van der Waals surface area (Å²) in [7, 11) is 0. The number of carbonyl (C=O) groups excluding carboxylic acids is 1. The van der Waals surface area contributed by atoms with E-state index in [0.29, 0.717) is 17.0 Å². The minimum Gasteiger partial charge on any atom is -0.322 e. The van der Waals surface area contributed by atoms with Crippen LogP contribution in [0, 0.1) is 24.1 Å². The van der Waals surface area contributed by atoms with Gasteiger partial charge in [-0.15, -0.1) is 11.6 Å². The van der Waals surface area contributed by atoms with Crippen molar-refractivity contribution in [2.45, 2.75) is 12.8 Å². The Kier molecular flexibility index (Phi) is 4.56. The standard InChI is InChI=1S/C16H12ClFN2O/c1-10-14(18)6-12(9-19)7-15(10)20-16(21)13-4-2-11(8-17)3-5-13/h2-7H,8H2,1H3,(H,20,21). The summed E-state index contributed by atoms with van der Waals surface area (Å²) in [4.78, 5) is 12.1. The van der Waals surface area contributed by atoms with Crippen LogP contribution in [0.1, 0.15) is 27.0 Å². The Morgan fingerprint density at radius 2 is 2.00 bits per heavy atom. The van der Waals surface area contributed by atoms with E-state index in [4.69, 9.17) is 16.9 Å². The highest BCUT2D eigenvalue weighted by Gasteiger charge is 2.11. The van der Waals surface area contributed by atoms with Crippen LogP contribution in [0.2, 0.25) is 0 Å². The Labute approximate surface area is 127 Å². The van der Waals surface area contributed by atoms with E-state index in [9.17, 15) is 9.18 Å². The summed E-state index contributed by atoms with van der Waals surface area (Å²) in [5.74, 6) is -0.522. The minimum absolute atomic E-state index is 0.158. The van der Waals surface area contributed by atoms with Crippen molar-refractivity contribution in [3.63, 3.8) is 0 Å². The van der Waals surface area contributed by atoms with Gasteiger partial charge in [0.2, 0.25) is 0 Å². The molecule has 0 bridgehead atoms. The zero-order valence-electron chi connectivity index (χ0n) is 11.3. The van der Waals surface area contributed by atoms with E-state index < -0.39 is 5.82 Å². The van der Waals surface area contributed by atoms with Crippen LogP contribution in [0.25, 0.3) is 0 Å². The van der Waals surface area contributed by atoms with Gasteiger partial charge >= 0.3 is 0 Å². The molecule has 1 N–H and O–H groups in total. The first-order chi connectivity index (χ1) is 10.0. The monoisotopic (exact) mass is 302 g/mol. The molecule has 0 aliphatic carbocycles. The summed E-state index contributed by atoms with van der Waals surface area (Å²) >= 11 is 5.69. The largest absolute Gasteiger partial charge is 0.322 e. The molecule has 106 valence electrons. The summed E-state index contributed by atoms with van der Waals surface area (Å²) < 4.78 is 13.7. The van der Waals surface area contributed by atoms with Gasteiger partial charge in [-0.25, -0.2) is 4.39 Å². The lowest BCUT2D eigenvalue weighted by molar-refractivity contribution is 0.102. The number of benzene rings is 2. The Balaban J connectivity index is 2.27. The predicted molar refractivity (Wildman–Crippen MR) is 79.8 cm³/mol. The second-order valence-corrected chi connectivity index (χ2v) is 4.79. The van der Waals surface area contributed by atoms with E-state index >= 15 is 0 Å². The number of alkyl halides is 1. The number of amides is 1. The van der Waals surface area contributed by atoms with E-state index in [0.717, 1.165) is 11.6 Å². The molecule has 5 heteroatoms. The highest BCUT2D eigenvalue weighted by molar-refractivity contribution is 6.17. The Morgan fingerprint density at radius 1 is 1.33 bits per heavy atom. The van der Waals surface area contributed by atoms with Gasteiger partial charge in [-0.3, -0.25) is 4.79 Å². The number of anilines is 1. The number of rotatable bonds is 3. The van der Waals surface area contributed by atoms with Gasteiger partial charge in [0.1, 0.15) is 5.82 Å². The lowest BCUT2D eigenvalue weighted by Crippen LogP contribution is -2.13. The van der Waals surface area contributed by atoms with Gasteiger partial charge in [0.05, 0.1) is 11.6 Å². The quantitative estimate of drug-likeness (QED) is 0.871. The molecule has 0 spiro atoms. The van der Waals surface area contributed by atoms with Crippen LogP contribution < -0.4 is 5.32 Å². The van der Waals surface area contributed by atoms with E-state index in [1.54, 1.807) is 31.2 Å². The fourth-order valence-electron chi connectivity index (χ4n) is 1.81. The summed E-state index contributed by atoms with van der Waals surface area (Å²) in [5, 5.41) is 11.5. The molecule has 0 radical (unpaired) electrons. The molecule has 0 saturated carbocycles. The molecule has 21 heavy (non-hydrogen) atoms. The number of nitrogens with zero attached hydrogens (tertiary/aromatic N) is 1. The zero-order valence-corrected chi connectivity index (χ0v) is 12.0. The van der Waals surface area contributed by atoms with Crippen molar-refractivity contribution in [3.8, 4) is 6.07 Å². The number of halogens is 2. The van der Waals surface area contributed by atoms with Gasteiger partial charge in [-0.05, 0) is 36.8 Å². The number of carbonyl (C=O) groups is 1. The van der Waals surface area contributed by atoms with Gasteiger partial charge in [0, 0.05) is 22.7 Å². The topological polar surface area (TPSA) is 52.9 Å². The van der Waals surface area contributed by atoms with E-state index in [1.165, 1.54) is 6.07 Å². The third kappa shape index (κ3) is 3.39. The molecule has 0 saturated heterocycles. The second-order valence-electron chi connectivity index (χ2n) is 4.53. The van der Waals surface area contributed by atoms with Crippen LogP contribution in [0.5, 0.6) is 0 Å². The number of nitrogens with one attached hydrogen (secondary N) is 1. The van der Waals surface area contributed by atoms with E-state index in [1.807, 2.05) is 6.07 Å². The Morgan fingerprint density at radius 3 is 2.57 bits per heavy atom. The lowest BCUT2D eigenvalue weighted by atomic mass is 10.1. The van der Waals surface area contributed by atoms with Gasteiger partial charge in [-0.2, -0.15) is 5.26 Å². The molecule has 0 aromatic heterocycles. The highest BCUT2D eigenvalue weighted by atomic mass is 35.5. The first-order valence-electron chi connectivity index (χ1n) is 6.21. The molecule has 3 nitrogen and oxygen atoms in total. The van der Waals surface area contributed by atoms with Gasteiger partial charge in [0.15, 0.2) is 0 Å². The van der Waals surface area contributed by atoms with Crippen LogP contribution >= 0.6 is 11.6 Å². The average Bonchev–Trinajstić information content (AvgIpc) is 2.51. The summed E-state index contributed by atoms with van der Waals surface area (Å²) in [6, 6.07) is 11.2. The second kappa shape index (κ2) is 6.38. The lowest BCUT2D eigenvalue weighted by Gasteiger charge is -2.10. The first-order valence-corrected chi connectivity index (χ1v) is 6.75. The van der Waals surface area contributed by atoms with Gasteiger partial charge < -0.3 is 5.32 Å². The first kappa shape index (κ1) is 15.0. The molecule has 0 fully saturated rings. The van der Waals surface area contributed by atoms with Crippen LogP contribution in [0.3, 0.4) is 0 Å². The maximum Gasteiger partial charge on any atom is 0.255 e. The molecule has 2 rings (SSSR count). The minimum atomic E-state index is -0.526. The van der Waals surface area contributed by atoms with E-state index in [2.05, 4.69) is 5.32 Å². The maximum atomic E-state index is 13.7. The predicted octanol–water partition coefficient (Wildman–Crippen LogP) is 4.00. The van der Waals surface area contributed by atoms with Crippen molar-refractivity contribution in [2.75, 3.05) is 5.32 Å². The van der Waals surface area contributed by atoms with Crippen molar-refractivity contribution in [2.24, 2.45) is 0 Å². The average molecular weight is 303 g/mol. The van der Waals surface area contributed by atoms with Crippen LogP contribution in [-0.4, -0.2) is 5.91 Å². The molecule has 0 unspecified atom stereocenters. The van der Waals surface area contributed by atoms with E-state index in [-0.39, 0.29) is 17.2 Å². The van der Waals surface area contributed by atoms with Crippen LogP contribution in [0.4, 0.5) is 10.1 Å². The van der Waals surface area contributed by atoms with Gasteiger partial charge in [-0.1, -0.05) is 12.1 Å². The summed E-state index contributed by atoms with van der Waals surface area (Å²) in [5.41, 5.74) is 2.08. The summed E-state index contributed by atoms with van der Waals surface area (Å²) in [6.45, 7) is 1.54. The molecule has 2 aromatic rings. The van der Waals surface area contributed by atoms with Crippen molar-refractivity contribution in [3.05, 3.63) is 64.5 Å². The number of nitriles is 1. The smallest absolute Gasteiger partial charge is 0.255 e. The normalized spacial score (nSPS) is 10.0. The number of hydrogen-bond donors (Lipinski definition) is 1. The molecule has 0 heterocycles. The molecule has 2 aromatic carbocycles. The van der Waals surface area contributed by atoms with Crippen molar-refractivity contribution in [1.82, 2.24) is 0 Å². The third-order valence-corrected chi connectivity index (χ3v) is 3.40. The molecule has 0 aliphatic rings. The third-order valence-electron chi connectivity index (χ3n) is 3.09. The maximum absolute atomic E-state index is 13.7. The zero-order chi connectivity index (χ0) is 15.4. The Hall–Kier alpha value is -2.38. The van der Waals surface area contributed by atoms with Crippen LogP contribution in [-0.2, 0) is 5.88 Å². The molecular formula is C16H12ClFN2O. The molecule has 0 atom stereocenters. The van der Waals surface area contributed by atoms with Gasteiger partial charge in [0.25, 0.3) is 5.91 Å². The fraction of sp³-hybridized carbons (Fsp3) is 0.125. The van der Waals surface area contributed by atoms with Crippen molar-refractivity contribution >= 4 is 23.2 Å². The fourth-order valence-corrected chi connectivity index (χ4v) is 1.99. The SMILES string of the molecule is Cc1c(F)cc(C#N)cc1NC(=O)c1ccc(CCl)cc1. The molecule has 0 aliphatic heterocycles. The van der Waals surface area contributed by atoms with Crippen LogP contribution in [0.15, 0.2) is 36.4 Å². The highest BCUT2D eigenvalue weighted by Crippen LogP contribution is 2.21. The number of hydrogen-bond acceptors (Lipinski definition) is 2. The molecule has 1 amide bonds. The Bertz CT molecular complexity index is 720. The molecular weight excluding hydrogens is 291 g/mol. The summed E-state index contributed by atoms with van der Waals surface area (Å²) in [6.07, 6.45) is 0. The van der Waals surface area contributed by atoms with Crippen molar-refractivity contribution in [1.29, 1.82) is 5.26 Å².